The summed E-state index contributed by atoms with van der Waals surface area (Å²) in [6.07, 6.45) is -2.05. The molecule has 0 aromatic heterocycles. The molecule has 5 nitrogen and oxygen atoms in total. The number of epoxide rings is 1. The van der Waals surface area contributed by atoms with Crippen molar-refractivity contribution >= 4 is 0 Å². The summed E-state index contributed by atoms with van der Waals surface area (Å²) in [4.78, 5) is 0. The lowest BCUT2D eigenvalue weighted by Gasteiger charge is -2.23. The van der Waals surface area contributed by atoms with E-state index in [0.717, 1.165) is 5.56 Å². The van der Waals surface area contributed by atoms with E-state index in [1.165, 1.54) is 0 Å². The molecule has 1 heterocycles. The molecule has 2 aromatic carbocycles. The zero-order chi connectivity index (χ0) is 16.8. The van der Waals surface area contributed by atoms with Crippen molar-refractivity contribution in [3.8, 4) is 5.75 Å². The molecule has 128 valence electrons. The maximum atomic E-state index is 10.5. The van der Waals surface area contributed by atoms with E-state index in [9.17, 15) is 10.2 Å². The van der Waals surface area contributed by atoms with E-state index in [1.807, 2.05) is 60.7 Å². The Labute approximate surface area is 141 Å². The number of hydrogen-bond donors (Lipinski definition) is 2. The summed E-state index contributed by atoms with van der Waals surface area (Å²) in [5, 5.41) is 19.7. The largest absolute Gasteiger partial charge is 0.485 e. The monoisotopic (exact) mass is 330 g/mol. The molecule has 5 heteroatoms. The standard InChI is InChI=1S/C19H22O5/c20-11-17-19(24-17)18(23-15-9-5-2-6-10-15)16(21)13-22-12-14-7-3-1-4-8-14/h1-10,16-21H,11-13H2/t16-,17-,18+,19+/m0/s1. The zero-order valence-corrected chi connectivity index (χ0v) is 13.3. The lowest BCUT2D eigenvalue weighted by molar-refractivity contribution is -0.0407. The molecule has 24 heavy (non-hydrogen) atoms. The summed E-state index contributed by atoms with van der Waals surface area (Å²) in [5.41, 5.74) is 1.04. The number of aliphatic hydroxyl groups is 2. The summed E-state index contributed by atoms with van der Waals surface area (Å²) in [6, 6.07) is 19.0. The third-order valence-electron chi connectivity index (χ3n) is 3.92. The van der Waals surface area contributed by atoms with Crippen molar-refractivity contribution in [3.05, 3.63) is 66.2 Å². The zero-order valence-electron chi connectivity index (χ0n) is 13.3. The van der Waals surface area contributed by atoms with E-state index in [1.54, 1.807) is 0 Å². The average Bonchev–Trinajstić information content (AvgIpc) is 3.41. The minimum atomic E-state index is -0.851. The van der Waals surface area contributed by atoms with Gasteiger partial charge in [-0.05, 0) is 17.7 Å². The van der Waals surface area contributed by atoms with Crippen LogP contribution in [0.2, 0.25) is 0 Å². The predicted molar refractivity (Wildman–Crippen MR) is 88.7 cm³/mol. The molecule has 1 aliphatic heterocycles. The molecule has 3 rings (SSSR count). The minimum Gasteiger partial charge on any atom is -0.485 e. The molecule has 0 unspecified atom stereocenters. The van der Waals surface area contributed by atoms with Crippen LogP contribution in [-0.2, 0) is 16.1 Å². The van der Waals surface area contributed by atoms with Crippen molar-refractivity contribution in [2.24, 2.45) is 0 Å². The van der Waals surface area contributed by atoms with Crippen LogP contribution in [0.5, 0.6) is 5.75 Å². The van der Waals surface area contributed by atoms with Gasteiger partial charge in [0.1, 0.15) is 24.1 Å². The summed E-state index contributed by atoms with van der Waals surface area (Å²) < 4.78 is 16.9. The van der Waals surface area contributed by atoms with Crippen LogP contribution in [0.25, 0.3) is 0 Å². The third kappa shape index (κ3) is 4.55. The Hall–Kier alpha value is -1.92. The van der Waals surface area contributed by atoms with E-state index in [4.69, 9.17) is 14.2 Å². The van der Waals surface area contributed by atoms with Crippen molar-refractivity contribution in [2.75, 3.05) is 13.2 Å². The molecule has 0 bridgehead atoms. The van der Waals surface area contributed by atoms with Gasteiger partial charge in [-0.2, -0.15) is 0 Å². The Kier molecular flexibility index (Phi) is 5.82. The fourth-order valence-electron chi connectivity index (χ4n) is 2.58. The van der Waals surface area contributed by atoms with Crippen molar-refractivity contribution in [2.45, 2.75) is 31.0 Å². The molecule has 0 radical (unpaired) electrons. The van der Waals surface area contributed by atoms with Crippen LogP contribution < -0.4 is 4.74 Å². The quantitative estimate of drug-likeness (QED) is 0.686. The van der Waals surface area contributed by atoms with Crippen molar-refractivity contribution in [1.82, 2.24) is 0 Å². The van der Waals surface area contributed by atoms with Gasteiger partial charge in [0.25, 0.3) is 0 Å². The Morgan fingerprint density at radius 1 is 1.00 bits per heavy atom. The van der Waals surface area contributed by atoms with Gasteiger partial charge in [-0.1, -0.05) is 48.5 Å². The van der Waals surface area contributed by atoms with Crippen LogP contribution in [0.3, 0.4) is 0 Å². The van der Waals surface area contributed by atoms with E-state index in [0.29, 0.717) is 12.4 Å². The molecule has 2 aromatic rings. The van der Waals surface area contributed by atoms with Gasteiger partial charge in [-0.25, -0.2) is 0 Å². The molecule has 2 N–H and O–H groups in total. The Balaban J connectivity index is 1.56. The fraction of sp³-hybridized carbons (Fsp3) is 0.368. The van der Waals surface area contributed by atoms with E-state index >= 15 is 0 Å². The van der Waals surface area contributed by atoms with Gasteiger partial charge in [0, 0.05) is 0 Å². The maximum Gasteiger partial charge on any atom is 0.155 e. The first kappa shape index (κ1) is 16.9. The van der Waals surface area contributed by atoms with Gasteiger partial charge < -0.3 is 24.4 Å². The third-order valence-corrected chi connectivity index (χ3v) is 3.92. The molecular weight excluding hydrogens is 308 g/mol. The van der Waals surface area contributed by atoms with Crippen LogP contribution in [0.15, 0.2) is 60.7 Å². The number of ether oxygens (including phenoxy) is 3. The Morgan fingerprint density at radius 3 is 2.29 bits per heavy atom. The molecule has 4 atom stereocenters. The lowest BCUT2D eigenvalue weighted by atomic mass is 10.1. The van der Waals surface area contributed by atoms with Crippen LogP contribution >= 0.6 is 0 Å². The van der Waals surface area contributed by atoms with Gasteiger partial charge in [0.05, 0.1) is 19.8 Å². The first-order valence-electron chi connectivity index (χ1n) is 8.05. The van der Waals surface area contributed by atoms with E-state index in [2.05, 4.69) is 0 Å². The highest BCUT2D eigenvalue weighted by Gasteiger charge is 2.48. The topological polar surface area (TPSA) is 71.5 Å². The highest BCUT2D eigenvalue weighted by molar-refractivity contribution is 5.22. The fourth-order valence-corrected chi connectivity index (χ4v) is 2.58. The summed E-state index contributed by atoms with van der Waals surface area (Å²) in [6.45, 7) is 0.465. The number of rotatable bonds is 9. The number of para-hydroxylation sites is 1. The molecule has 0 spiro atoms. The molecule has 0 saturated carbocycles. The maximum absolute atomic E-state index is 10.5. The lowest BCUT2D eigenvalue weighted by Crippen LogP contribution is -2.40. The summed E-state index contributed by atoms with van der Waals surface area (Å²) in [7, 11) is 0. The first-order valence-corrected chi connectivity index (χ1v) is 8.05. The molecule has 1 aliphatic rings. The Morgan fingerprint density at radius 2 is 1.67 bits per heavy atom. The van der Waals surface area contributed by atoms with E-state index in [-0.39, 0.29) is 25.4 Å². The first-order chi connectivity index (χ1) is 11.8. The smallest absolute Gasteiger partial charge is 0.155 e. The van der Waals surface area contributed by atoms with Crippen LogP contribution in [0.4, 0.5) is 0 Å². The molecule has 1 fully saturated rings. The van der Waals surface area contributed by atoms with Gasteiger partial charge >= 0.3 is 0 Å². The molecule has 0 amide bonds. The number of hydrogen-bond acceptors (Lipinski definition) is 5. The average molecular weight is 330 g/mol. The van der Waals surface area contributed by atoms with Gasteiger partial charge in [-0.3, -0.25) is 0 Å². The summed E-state index contributed by atoms with van der Waals surface area (Å²) >= 11 is 0. The predicted octanol–water partition coefficient (Wildman–Crippen LogP) is 1.77. The van der Waals surface area contributed by atoms with Crippen molar-refractivity contribution in [1.29, 1.82) is 0 Å². The highest BCUT2D eigenvalue weighted by atomic mass is 16.6. The second-order valence-corrected chi connectivity index (χ2v) is 5.79. The molecular formula is C19H22O5. The molecule has 0 aliphatic carbocycles. The van der Waals surface area contributed by atoms with Crippen molar-refractivity contribution in [3.63, 3.8) is 0 Å². The Bertz CT molecular complexity index is 604. The van der Waals surface area contributed by atoms with Crippen LogP contribution in [-0.4, -0.2) is 47.8 Å². The van der Waals surface area contributed by atoms with E-state index < -0.39 is 12.2 Å². The SMILES string of the molecule is OC[C@@H]1O[C@H]1[C@H](Oc1ccccc1)[C@@H](O)COCc1ccccc1. The van der Waals surface area contributed by atoms with Crippen molar-refractivity contribution < 1.29 is 24.4 Å². The van der Waals surface area contributed by atoms with Crippen LogP contribution in [0, 0.1) is 0 Å². The number of aliphatic hydroxyl groups excluding tert-OH is 2. The number of benzene rings is 2. The second-order valence-electron chi connectivity index (χ2n) is 5.79. The normalized spacial score (nSPS) is 21.9. The van der Waals surface area contributed by atoms with Gasteiger partial charge in [0.2, 0.25) is 0 Å². The summed E-state index contributed by atoms with van der Waals surface area (Å²) in [5.74, 6) is 0.650. The van der Waals surface area contributed by atoms with Gasteiger partial charge in [0.15, 0.2) is 6.10 Å². The minimum absolute atomic E-state index is 0.0864. The van der Waals surface area contributed by atoms with Crippen LogP contribution in [0.1, 0.15) is 5.56 Å². The van der Waals surface area contributed by atoms with Gasteiger partial charge in [-0.15, -0.1) is 0 Å². The highest BCUT2D eigenvalue weighted by Crippen LogP contribution is 2.30. The molecule has 1 saturated heterocycles. The second kappa shape index (κ2) is 8.26.